The Balaban J connectivity index is 1.54. The predicted octanol–water partition coefficient (Wildman–Crippen LogP) is 1.48. The van der Waals surface area contributed by atoms with Crippen molar-refractivity contribution in [2.45, 2.75) is 32.6 Å². The van der Waals surface area contributed by atoms with Gasteiger partial charge < -0.3 is 9.80 Å². The molecule has 2 aliphatic rings. The highest BCUT2D eigenvalue weighted by atomic mass is 16.2. The second kappa shape index (κ2) is 7.13. The molecule has 2 amide bonds. The van der Waals surface area contributed by atoms with Crippen LogP contribution in [0, 0.1) is 12.8 Å². The summed E-state index contributed by atoms with van der Waals surface area (Å²) in [6, 6.07) is 5.40. The zero-order valence-corrected chi connectivity index (χ0v) is 15.6. The number of amides is 2. The number of carbonyl (C=O) groups is 2. The van der Waals surface area contributed by atoms with Gasteiger partial charge in [-0.15, -0.1) is 0 Å². The lowest BCUT2D eigenvalue weighted by Crippen LogP contribution is -2.42. The maximum Gasteiger partial charge on any atom is 0.270 e. The molecule has 1 aliphatic carbocycles. The van der Waals surface area contributed by atoms with Crippen molar-refractivity contribution in [1.82, 2.24) is 19.2 Å². The normalized spacial score (nSPS) is 18.3. The van der Waals surface area contributed by atoms with Gasteiger partial charge in [0.2, 0.25) is 5.91 Å². The number of hydrogen-bond donors (Lipinski definition) is 0. The Bertz CT molecular complexity index is 948. The van der Waals surface area contributed by atoms with E-state index in [-0.39, 0.29) is 28.9 Å². The van der Waals surface area contributed by atoms with E-state index in [4.69, 9.17) is 0 Å². The number of carbonyl (C=O) groups excluding carboxylic acids is 2. The van der Waals surface area contributed by atoms with Crippen LogP contribution in [0.5, 0.6) is 0 Å². The van der Waals surface area contributed by atoms with Crippen molar-refractivity contribution in [2.75, 3.05) is 26.2 Å². The largest absolute Gasteiger partial charge is 0.341 e. The molecule has 0 aromatic carbocycles. The minimum absolute atomic E-state index is 0.0839. The van der Waals surface area contributed by atoms with Crippen LogP contribution in [0.15, 0.2) is 29.2 Å². The van der Waals surface area contributed by atoms with Crippen molar-refractivity contribution in [3.05, 3.63) is 46.0 Å². The fourth-order valence-corrected chi connectivity index (χ4v) is 3.85. The highest BCUT2D eigenvalue weighted by Crippen LogP contribution is 2.28. The minimum atomic E-state index is -0.338. The molecule has 27 heavy (non-hydrogen) atoms. The lowest BCUT2D eigenvalue weighted by molar-refractivity contribution is -0.138. The van der Waals surface area contributed by atoms with Crippen LogP contribution in [0.4, 0.5) is 0 Å². The smallest absolute Gasteiger partial charge is 0.270 e. The maximum absolute atomic E-state index is 13.0. The second-order valence-corrected chi connectivity index (χ2v) is 7.44. The van der Waals surface area contributed by atoms with Gasteiger partial charge in [0.1, 0.15) is 11.2 Å². The molecule has 7 heteroatoms. The highest BCUT2D eigenvalue weighted by molar-refractivity contribution is 5.94. The molecule has 0 bridgehead atoms. The standard InChI is InChI=1S/C20H24N4O3/c1-14-5-2-8-17-21-13-16(20(27)24(14)17)19(26)23-10-4-9-22(11-12-23)18(25)15-6-3-7-15/h2,5,8,13,15H,3-4,6-7,9-12H2,1H3. The van der Waals surface area contributed by atoms with Crippen LogP contribution >= 0.6 is 0 Å². The average molecular weight is 368 g/mol. The molecule has 142 valence electrons. The van der Waals surface area contributed by atoms with Gasteiger partial charge >= 0.3 is 0 Å². The predicted molar refractivity (Wildman–Crippen MR) is 101 cm³/mol. The van der Waals surface area contributed by atoms with Crippen molar-refractivity contribution in [3.63, 3.8) is 0 Å². The van der Waals surface area contributed by atoms with Crippen molar-refractivity contribution in [3.8, 4) is 0 Å². The average Bonchev–Trinajstić information content (AvgIpc) is 2.86. The van der Waals surface area contributed by atoms with Crippen LogP contribution in [0.1, 0.15) is 41.7 Å². The third kappa shape index (κ3) is 3.22. The molecule has 0 unspecified atom stereocenters. The molecule has 2 aromatic rings. The molecule has 0 N–H and O–H groups in total. The van der Waals surface area contributed by atoms with Gasteiger partial charge in [0.15, 0.2) is 0 Å². The molecule has 4 rings (SSSR count). The van der Waals surface area contributed by atoms with E-state index >= 15 is 0 Å². The van der Waals surface area contributed by atoms with Crippen LogP contribution in [-0.4, -0.2) is 57.2 Å². The van der Waals surface area contributed by atoms with E-state index in [1.54, 1.807) is 11.0 Å². The Morgan fingerprint density at radius 2 is 1.78 bits per heavy atom. The zero-order chi connectivity index (χ0) is 19.0. The molecule has 0 radical (unpaired) electrons. The Morgan fingerprint density at radius 1 is 1.04 bits per heavy atom. The Labute approximate surface area is 157 Å². The SMILES string of the molecule is Cc1cccc2ncc(C(=O)N3CCCN(C(=O)C4CCC4)CC3)c(=O)n12. The molecular weight excluding hydrogens is 344 g/mol. The number of rotatable bonds is 2. The molecule has 2 fully saturated rings. The fourth-order valence-electron chi connectivity index (χ4n) is 3.85. The first-order chi connectivity index (χ1) is 13.1. The first-order valence-corrected chi connectivity index (χ1v) is 9.61. The van der Waals surface area contributed by atoms with Gasteiger partial charge in [-0.2, -0.15) is 0 Å². The van der Waals surface area contributed by atoms with E-state index in [1.165, 1.54) is 10.6 Å². The lowest BCUT2D eigenvalue weighted by atomic mass is 9.84. The van der Waals surface area contributed by atoms with Crippen LogP contribution in [0.3, 0.4) is 0 Å². The molecule has 0 spiro atoms. The summed E-state index contributed by atoms with van der Waals surface area (Å²) in [6.45, 7) is 4.02. The number of nitrogens with zero attached hydrogens (tertiary/aromatic N) is 4. The van der Waals surface area contributed by atoms with Crippen LogP contribution in [-0.2, 0) is 4.79 Å². The summed E-state index contributed by atoms with van der Waals surface area (Å²) in [5.74, 6) is 0.0891. The minimum Gasteiger partial charge on any atom is -0.341 e. The summed E-state index contributed by atoms with van der Waals surface area (Å²) >= 11 is 0. The highest BCUT2D eigenvalue weighted by Gasteiger charge is 2.31. The number of fused-ring (bicyclic) bond motifs is 1. The lowest BCUT2D eigenvalue weighted by Gasteiger charge is -2.31. The van der Waals surface area contributed by atoms with Crippen LogP contribution in [0.25, 0.3) is 5.65 Å². The zero-order valence-electron chi connectivity index (χ0n) is 15.6. The van der Waals surface area contributed by atoms with E-state index < -0.39 is 0 Å². The molecule has 0 atom stereocenters. The quantitative estimate of drug-likeness (QED) is 0.805. The van der Waals surface area contributed by atoms with Gasteiger partial charge in [0.25, 0.3) is 11.5 Å². The van der Waals surface area contributed by atoms with E-state index in [2.05, 4.69) is 4.98 Å². The van der Waals surface area contributed by atoms with Crippen molar-refractivity contribution in [1.29, 1.82) is 0 Å². The molecular formula is C20H24N4O3. The van der Waals surface area contributed by atoms with Gasteiger partial charge in [-0.3, -0.25) is 18.8 Å². The number of aromatic nitrogens is 2. The number of pyridine rings is 1. The van der Waals surface area contributed by atoms with E-state index in [9.17, 15) is 14.4 Å². The van der Waals surface area contributed by atoms with Gasteiger partial charge in [-0.25, -0.2) is 4.98 Å². The molecule has 2 aromatic heterocycles. The molecule has 1 aliphatic heterocycles. The monoisotopic (exact) mass is 368 g/mol. The second-order valence-electron chi connectivity index (χ2n) is 7.44. The summed E-state index contributed by atoms with van der Waals surface area (Å²) in [7, 11) is 0. The summed E-state index contributed by atoms with van der Waals surface area (Å²) in [4.78, 5) is 46.1. The van der Waals surface area contributed by atoms with Gasteiger partial charge in [0.05, 0.1) is 0 Å². The summed E-state index contributed by atoms with van der Waals surface area (Å²) in [6.07, 6.45) is 5.20. The van der Waals surface area contributed by atoms with Crippen LogP contribution in [0.2, 0.25) is 0 Å². The fraction of sp³-hybridized carbons (Fsp3) is 0.500. The third-order valence-electron chi connectivity index (χ3n) is 5.70. The van der Waals surface area contributed by atoms with Crippen molar-refractivity contribution in [2.24, 2.45) is 5.92 Å². The van der Waals surface area contributed by atoms with E-state index in [0.717, 1.165) is 31.4 Å². The summed E-state index contributed by atoms with van der Waals surface area (Å²) < 4.78 is 1.47. The van der Waals surface area contributed by atoms with Crippen molar-refractivity contribution < 1.29 is 9.59 Å². The van der Waals surface area contributed by atoms with E-state index in [1.807, 2.05) is 24.0 Å². The number of aryl methyl sites for hydroxylation is 1. The Morgan fingerprint density at radius 3 is 2.52 bits per heavy atom. The van der Waals surface area contributed by atoms with Crippen LogP contribution < -0.4 is 5.56 Å². The summed E-state index contributed by atoms with van der Waals surface area (Å²) in [5.41, 5.74) is 1.02. The molecule has 1 saturated carbocycles. The third-order valence-corrected chi connectivity index (χ3v) is 5.70. The first kappa shape index (κ1) is 17.7. The topological polar surface area (TPSA) is 75.0 Å². The van der Waals surface area contributed by atoms with Crippen molar-refractivity contribution >= 4 is 17.5 Å². The van der Waals surface area contributed by atoms with Gasteiger partial charge in [-0.05, 0) is 38.3 Å². The Hall–Kier alpha value is -2.70. The van der Waals surface area contributed by atoms with Gasteiger partial charge in [0, 0.05) is 44.0 Å². The molecule has 3 heterocycles. The molecule has 1 saturated heterocycles. The molecule has 7 nitrogen and oxygen atoms in total. The first-order valence-electron chi connectivity index (χ1n) is 9.61. The Kier molecular flexibility index (Phi) is 4.68. The maximum atomic E-state index is 13.0. The van der Waals surface area contributed by atoms with E-state index in [0.29, 0.717) is 31.8 Å². The summed E-state index contributed by atoms with van der Waals surface area (Å²) in [5, 5.41) is 0. The van der Waals surface area contributed by atoms with Gasteiger partial charge in [-0.1, -0.05) is 12.5 Å². The number of hydrogen-bond acceptors (Lipinski definition) is 4.